The molecule has 0 aliphatic heterocycles. The van der Waals surface area contributed by atoms with Gasteiger partial charge in [0.1, 0.15) is 6.04 Å². The summed E-state index contributed by atoms with van der Waals surface area (Å²) in [7, 11) is 1.80. The highest BCUT2D eigenvalue weighted by molar-refractivity contribution is 5.84. The molecule has 1 unspecified atom stereocenters. The zero-order valence-corrected chi connectivity index (χ0v) is 10.9. The lowest BCUT2D eigenvalue weighted by atomic mass is 10.2. The molecule has 1 atom stereocenters. The van der Waals surface area contributed by atoms with Gasteiger partial charge >= 0.3 is 0 Å². The van der Waals surface area contributed by atoms with Crippen LogP contribution in [-0.4, -0.2) is 30.4 Å². The third-order valence-electron chi connectivity index (χ3n) is 2.70. The summed E-state index contributed by atoms with van der Waals surface area (Å²) in [6, 6.07) is 5.46. The van der Waals surface area contributed by atoms with Gasteiger partial charge in [-0.2, -0.15) is 0 Å². The second-order valence-corrected chi connectivity index (χ2v) is 4.35. The van der Waals surface area contributed by atoms with Crippen LogP contribution in [0.2, 0.25) is 0 Å². The number of aryl methyl sites for hydroxylation is 1. The minimum Gasteiger partial charge on any atom is -0.399 e. The number of nitrogen functional groups attached to an aromatic ring is 1. The van der Waals surface area contributed by atoms with Crippen molar-refractivity contribution in [1.29, 1.82) is 0 Å². The second kappa shape index (κ2) is 5.57. The molecule has 0 heterocycles. The van der Waals surface area contributed by atoms with Crippen LogP contribution in [0.3, 0.4) is 0 Å². The second-order valence-electron chi connectivity index (χ2n) is 4.35. The molecular formula is C13H21N3O. The summed E-state index contributed by atoms with van der Waals surface area (Å²) >= 11 is 0. The van der Waals surface area contributed by atoms with Gasteiger partial charge in [-0.25, -0.2) is 0 Å². The highest BCUT2D eigenvalue weighted by Gasteiger charge is 2.15. The van der Waals surface area contributed by atoms with Crippen LogP contribution in [0.4, 0.5) is 11.4 Å². The number of nitrogens with zero attached hydrogens (tertiary/aromatic N) is 1. The molecule has 0 radical (unpaired) electrons. The monoisotopic (exact) mass is 235 g/mol. The van der Waals surface area contributed by atoms with E-state index in [9.17, 15) is 4.79 Å². The number of anilines is 2. The first-order valence-electron chi connectivity index (χ1n) is 5.82. The number of rotatable bonds is 4. The van der Waals surface area contributed by atoms with Crippen LogP contribution in [-0.2, 0) is 4.79 Å². The molecule has 17 heavy (non-hydrogen) atoms. The van der Waals surface area contributed by atoms with Crippen molar-refractivity contribution in [2.75, 3.05) is 24.6 Å². The van der Waals surface area contributed by atoms with Crippen molar-refractivity contribution in [3.8, 4) is 0 Å². The van der Waals surface area contributed by atoms with E-state index in [0.29, 0.717) is 12.2 Å². The summed E-state index contributed by atoms with van der Waals surface area (Å²) in [4.78, 5) is 13.6. The van der Waals surface area contributed by atoms with E-state index < -0.39 is 0 Å². The Kier molecular flexibility index (Phi) is 4.37. The maximum Gasteiger partial charge on any atom is 0.244 e. The molecule has 0 aromatic heterocycles. The predicted molar refractivity (Wildman–Crippen MR) is 72.0 cm³/mol. The fourth-order valence-corrected chi connectivity index (χ4v) is 1.69. The van der Waals surface area contributed by atoms with Gasteiger partial charge in [0.15, 0.2) is 0 Å². The Bertz CT molecular complexity index is 383. The molecule has 3 N–H and O–H groups in total. The lowest BCUT2D eigenvalue weighted by molar-refractivity contribution is -0.130. The van der Waals surface area contributed by atoms with Gasteiger partial charge in [-0.15, -0.1) is 0 Å². The first kappa shape index (κ1) is 13.4. The fourth-order valence-electron chi connectivity index (χ4n) is 1.69. The van der Waals surface area contributed by atoms with Gasteiger partial charge in [0.2, 0.25) is 5.91 Å². The molecule has 1 aromatic carbocycles. The molecule has 0 bridgehead atoms. The molecule has 1 amide bonds. The van der Waals surface area contributed by atoms with Gasteiger partial charge < -0.3 is 16.0 Å². The zero-order valence-electron chi connectivity index (χ0n) is 10.9. The molecule has 0 saturated heterocycles. The quantitative estimate of drug-likeness (QED) is 0.783. The number of carbonyl (C=O) groups is 1. The lowest BCUT2D eigenvalue weighted by Crippen LogP contribution is -2.38. The molecule has 0 aliphatic rings. The van der Waals surface area contributed by atoms with Crippen molar-refractivity contribution in [3.05, 3.63) is 23.8 Å². The first-order chi connectivity index (χ1) is 7.93. The molecule has 0 fully saturated rings. The smallest absolute Gasteiger partial charge is 0.244 e. The van der Waals surface area contributed by atoms with E-state index in [1.807, 2.05) is 39.0 Å². The van der Waals surface area contributed by atoms with E-state index in [1.54, 1.807) is 11.9 Å². The molecule has 4 heteroatoms. The van der Waals surface area contributed by atoms with E-state index >= 15 is 0 Å². The Morgan fingerprint density at radius 3 is 2.65 bits per heavy atom. The van der Waals surface area contributed by atoms with Crippen LogP contribution in [0.25, 0.3) is 0 Å². The number of amides is 1. The Hall–Kier alpha value is -1.71. The fraction of sp³-hybridized carbons (Fsp3) is 0.462. The standard InChI is InChI=1S/C13H21N3O/c1-5-16(4)13(17)10(3)15-12-7-9(2)6-11(14)8-12/h6-8,10,15H,5,14H2,1-4H3. The third-order valence-corrected chi connectivity index (χ3v) is 2.70. The molecule has 0 saturated carbocycles. The van der Waals surface area contributed by atoms with Crippen molar-refractivity contribution >= 4 is 17.3 Å². The van der Waals surface area contributed by atoms with Crippen LogP contribution in [0.5, 0.6) is 0 Å². The van der Waals surface area contributed by atoms with E-state index in [2.05, 4.69) is 5.32 Å². The number of benzene rings is 1. The predicted octanol–water partition coefficient (Wildman–Crippen LogP) is 1.86. The Balaban J connectivity index is 2.74. The van der Waals surface area contributed by atoms with E-state index in [0.717, 1.165) is 11.3 Å². The highest BCUT2D eigenvalue weighted by Crippen LogP contribution is 2.17. The molecule has 1 aromatic rings. The van der Waals surface area contributed by atoms with Crippen LogP contribution in [0.1, 0.15) is 19.4 Å². The van der Waals surface area contributed by atoms with Crippen LogP contribution in [0, 0.1) is 6.92 Å². The normalized spacial score (nSPS) is 12.0. The maximum absolute atomic E-state index is 11.9. The average molecular weight is 235 g/mol. The van der Waals surface area contributed by atoms with E-state index in [1.165, 1.54) is 0 Å². The van der Waals surface area contributed by atoms with Crippen LogP contribution >= 0.6 is 0 Å². The van der Waals surface area contributed by atoms with Crippen molar-refractivity contribution in [1.82, 2.24) is 4.90 Å². The van der Waals surface area contributed by atoms with E-state index in [-0.39, 0.29) is 11.9 Å². The lowest BCUT2D eigenvalue weighted by Gasteiger charge is -2.21. The summed E-state index contributed by atoms with van der Waals surface area (Å²) in [5.74, 6) is 0.0765. The van der Waals surface area contributed by atoms with Crippen molar-refractivity contribution < 1.29 is 4.79 Å². The molecular weight excluding hydrogens is 214 g/mol. The van der Waals surface area contributed by atoms with Crippen molar-refractivity contribution in [2.45, 2.75) is 26.8 Å². The third kappa shape index (κ3) is 3.66. The minimum absolute atomic E-state index is 0.0765. The van der Waals surface area contributed by atoms with E-state index in [4.69, 9.17) is 5.73 Å². The molecule has 94 valence electrons. The number of hydrogen-bond donors (Lipinski definition) is 2. The largest absolute Gasteiger partial charge is 0.399 e. The van der Waals surface area contributed by atoms with Crippen molar-refractivity contribution in [2.24, 2.45) is 0 Å². The summed E-state index contributed by atoms with van der Waals surface area (Å²) in [6.45, 7) is 6.50. The number of hydrogen-bond acceptors (Lipinski definition) is 3. The molecule has 4 nitrogen and oxygen atoms in total. The van der Waals surface area contributed by atoms with Gasteiger partial charge in [-0.05, 0) is 44.5 Å². The zero-order chi connectivity index (χ0) is 13.0. The Morgan fingerprint density at radius 1 is 1.47 bits per heavy atom. The molecule has 0 aliphatic carbocycles. The first-order valence-corrected chi connectivity index (χ1v) is 5.82. The number of carbonyl (C=O) groups excluding carboxylic acids is 1. The van der Waals surface area contributed by atoms with Crippen molar-refractivity contribution in [3.63, 3.8) is 0 Å². The van der Waals surface area contributed by atoms with Gasteiger partial charge in [0.05, 0.1) is 0 Å². The number of nitrogens with one attached hydrogen (secondary N) is 1. The summed E-state index contributed by atoms with van der Waals surface area (Å²) < 4.78 is 0. The van der Waals surface area contributed by atoms with Gasteiger partial charge in [-0.1, -0.05) is 0 Å². The topological polar surface area (TPSA) is 58.4 Å². The van der Waals surface area contributed by atoms with Gasteiger partial charge in [-0.3, -0.25) is 4.79 Å². The van der Waals surface area contributed by atoms with Gasteiger partial charge in [0, 0.05) is 25.0 Å². The number of likely N-dealkylation sites (N-methyl/N-ethyl adjacent to an activating group) is 1. The Morgan fingerprint density at radius 2 is 2.12 bits per heavy atom. The Labute approximate surface area is 103 Å². The van der Waals surface area contributed by atoms with Gasteiger partial charge in [0.25, 0.3) is 0 Å². The maximum atomic E-state index is 11.9. The summed E-state index contributed by atoms with van der Waals surface area (Å²) in [6.07, 6.45) is 0. The SMILES string of the molecule is CCN(C)C(=O)C(C)Nc1cc(C)cc(N)c1. The summed E-state index contributed by atoms with van der Waals surface area (Å²) in [5.41, 5.74) is 8.43. The van der Waals surface area contributed by atoms with Crippen LogP contribution < -0.4 is 11.1 Å². The minimum atomic E-state index is -0.249. The van der Waals surface area contributed by atoms with Crippen LogP contribution in [0.15, 0.2) is 18.2 Å². The average Bonchev–Trinajstić information content (AvgIpc) is 2.25. The molecule has 1 rings (SSSR count). The highest BCUT2D eigenvalue weighted by atomic mass is 16.2. The summed E-state index contributed by atoms with van der Waals surface area (Å²) in [5, 5.41) is 3.17. The number of nitrogens with two attached hydrogens (primary N) is 1. The molecule has 0 spiro atoms.